The SMILES string of the molecule is NC(=O)c1nn(CC(=O)N2[C@@H]3C[C@@H]3C[C@H]2C(=O)N[C@H]2C[C@H]2c2ccc(F)cc2F)c2ccccc12. The Labute approximate surface area is 199 Å². The topological polar surface area (TPSA) is 110 Å². The number of aromatic nitrogens is 2. The maximum atomic E-state index is 14.1. The molecular formula is C25H23F2N5O3. The molecule has 3 aromatic rings. The summed E-state index contributed by atoms with van der Waals surface area (Å²) in [6, 6.07) is 9.67. The van der Waals surface area contributed by atoms with Crippen molar-refractivity contribution in [3.8, 4) is 0 Å². The molecule has 10 heteroatoms. The summed E-state index contributed by atoms with van der Waals surface area (Å²) in [5, 5.41) is 7.77. The van der Waals surface area contributed by atoms with Crippen molar-refractivity contribution in [2.75, 3.05) is 0 Å². The lowest BCUT2D eigenvalue weighted by Gasteiger charge is -2.27. The van der Waals surface area contributed by atoms with E-state index in [-0.39, 0.29) is 48.0 Å². The largest absolute Gasteiger partial charge is 0.364 e. The molecule has 180 valence electrons. The number of nitrogens with zero attached hydrogens (tertiary/aromatic N) is 3. The summed E-state index contributed by atoms with van der Waals surface area (Å²) in [5.41, 5.74) is 6.55. The van der Waals surface area contributed by atoms with Gasteiger partial charge in [-0.2, -0.15) is 5.10 Å². The lowest BCUT2D eigenvalue weighted by Crippen LogP contribution is -2.49. The van der Waals surface area contributed by atoms with E-state index in [1.165, 1.54) is 16.8 Å². The van der Waals surface area contributed by atoms with Crippen molar-refractivity contribution < 1.29 is 23.2 Å². The number of hydrogen-bond donors (Lipinski definition) is 2. The molecule has 2 aliphatic carbocycles. The highest BCUT2D eigenvalue weighted by atomic mass is 19.1. The Kier molecular flexibility index (Phi) is 4.87. The molecule has 0 radical (unpaired) electrons. The molecule has 0 bridgehead atoms. The fourth-order valence-corrected chi connectivity index (χ4v) is 5.47. The average molecular weight is 479 g/mol. The lowest BCUT2D eigenvalue weighted by atomic mass is 10.1. The number of primary amides is 1. The van der Waals surface area contributed by atoms with Crippen LogP contribution in [0.25, 0.3) is 10.9 Å². The number of rotatable bonds is 6. The first-order chi connectivity index (χ1) is 16.8. The molecule has 2 aromatic carbocycles. The van der Waals surface area contributed by atoms with Crippen LogP contribution in [-0.4, -0.2) is 50.5 Å². The smallest absolute Gasteiger partial charge is 0.269 e. The number of fused-ring (bicyclic) bond motifs is 2. The molecular weight excluding hydrogens is 456 g/mol. The minimum absolute atomic E-state index is 0.0141. The van der Waals surface area contributed by atoms with Gasteiger partial charge in [0.1, 0.15) is 24.2 Å². The number of nitrogens with one attached hydrogen (secondary N) is 1. The average Bonchev–Trinajstić information content (AvgIpc) is 3.69. The van der Waals surface area contributed by atoms with Gasteiger partial charge in [-0.3, -0.25) is 19.1 Å². The summed E-state index contributed by atoms with van der Waals surface area (Å²) in [6.07, 6.45) is 2.00. The molecule has 2 saturated carbocycles. The Morgan fingerprint density at radius 1 is 1.09 bits per heavy atom. The number of carbonyl (C=O) groups excluding carboxylic acids is 3. The third-order valence-electron chi connectivity index (χ3n) is 7.35. The molecule has 3 N–H and O–H groups in total. The molecule has 1 aromatic heterocycles. The Bertz CT molecular complexity index is 1390. The highest BCUT2D eigenvalue weighted by molar-refractivity contribution is 6.04. The Morgan fingerprint density at radius 2 is 1.89 bits per heavy atom. The predicted molar refractivity (Wildman–Crippen MR) is 121 cm³/mol. The molecule has 35 heavy (non-hydrogen) atoms. The molecule has 0 unspecified atom stereocenters. The van der Waals surface area contributed by atoms with E-state index in [0.717, 1.165) is 12.5 Å². The molecule has 1 aliphatic heterocycles. The monoisotopic (exact) mass is 479 g/mol. The number of nitrogens with two attached hydrogens (primary N) is 1. The quantitative estimate of drug-likeness (QED) is 0.564. The molecule has 5 atom stereocenters. The van der Waals surface area contributed by atoms with Crippen LogP contribution in [0, 0.1) is 17.6 Å². The van der Waals surface area contributed by atoms with Crippen molar-refractivity contribution in [3.05, 3.63) is 65.4 Å². The zero-order chi connectivity index (χ0) is 24.4. The Hall–Kier alpha value is -3.82. The van der Waals surface area contributed by atoms with Crippen molar-refractivity contribution in [2.45, 2.75) is 49.9 Å². The van der Waals surface area contributed by atoms with E-state index in [4.69, 9.17) is 5.73 Å². The van der Waals surface area contributed by atoms with E-state index in [0.29, 0.717) is 29.3 Å². The van der Waals surface area contributed by atoms with E-state index >= 15 is 0 Å². The lowest BCUT2D eigenvalue weighted by molar-refractivity contribution is -0.140. The Balaban J connectivity index is 1.17. The van der Waals surface area contributed by atoms with Crippen LogP contribution < -0.4 is 11.1 Å². The van der Waals surface area contributed by atoms with Crippen LogP contribution in [0.1, 0.15) is 41.2 Å². The first-order valence-corrected chi connectivity index (χ1v) is 11.6. The van der Waals surface area contributed by atoms with Gasteiger partial charge >= 0.3 is 0 Å². The van der Waals surface area contributed by atoms with Gasteiger partial charge in [0.05, 0.1) is 5.52 Å². The van der Waals surface area contributed by atoms with Crippen LogP contribution in [-0.2, 0) is 16.1 Å². The number of carbonyl (C=O) groups is 3. The summed E-state index contributed by atoms with van der Waals surface area (Å²) in [6.45, 7) is -0.117. The second kappa shape index (κ2) is 7.86. The van der Waals surface area contributed by atoms with Gasteiger partial charge in [0.15, 0.2) is 5.69 Å². The number of halogens is 2. The van der Waals surface area contributed by atoms with Crippen LogP contribution in [0.5, 0.6) is 0 Å². The highest BCUT2D eigenvalue weighted by Gasteiger charge is 2.56. The van der Waals surface area contributed by atoms with Crippen LogP contribution in [0.2, 0.25) is 0 Å². The zero-order valence-electron chi connectivity index (χ0n) is 18.7. The van der Waals surface area contributed by atoms with Crippen LogP contribution in [0.3, 0.4) is 0 Å². The molecule has 1 saturated heterocycles. The van der Waals surface area contributed by atoms with Crippen molar-refractivity contribution in [1.82, 2.24) is 20.0 Å². The highest BCUT2D eigenvalue weighted by Crippen LogP contribution is 2.49. The van der Waals surface area contributed by atoms with Crippen molar-refractivity contribution >= 4 is 28.6 Å². The van der Waals surface area contributed by atoms with Gasteiger partial charge in [-0.1, -0.05) is 24.3 Å². The molecule has 3 fully saturated rings. The van der Waals surface area contributed by atoms with Crippen LogP contribution in [0.15, 0.2) is 42.5 Å². The minimum atomic E-state index is -0.676. The molecule has 6 rings (SSSR count). The number of likely N-dealkylation sites (tertiary alicyclic amines) is 1. The van der Waals surface area contributed by atoms with Gasteiger partial charge < -0.3 is 16.0 Å². The molecule has 0 spiro atoms. The van der Waals surface area contributed by atoms with Crippen molar-refractivity contribution in [3.63, 3.8) is 0 Å². The van der Waals surface area contributed by atoms with E-state index in [1.54, 1.807) is 29.2 Å². The maximum Gasteiger partial charge on any atom is 0.269 e. The second-order valence-corrected chi connectivity index (χ2v) is 9.63. The first kappa shape index (κ1) is 21.7. The molecule has 8 nitrogen and oxygen atoms in total. The van der Waals surface area contributed by atoms with Gasteiger partial charge in [0, 0.05) is 29.5 Å². The van der Waals surface area contributed by atoms with E-state index in [1.807, 2.05) is 0 Å². The van der Waals surface area contributed by atoms with E-state index in [9.17, 15) is 23.2 Å². The summed E-state index contributed by atoms with van der Waals surface area (Å²) in [5.74, 6) is -2.37. The fourth-order valence-electron chi connectivity index (χ4n) is 5.47. The van der Waals surface area contributed by atoms with Gasteiger partial charge in [-0.15, -0.1) is 0 Å². The minimum Gasteiger partial charge on any atom is -0.364 e. The predicted octanol–water partition coefficient (Wildman–Crippen LogP) is 2.08. The van der Waals surface area contributed by atoms with Gasteiger partial charge in [0.2, 0.25) is 11.8 Å². The van der Waals surface area contributed by atoms with Gasteiger partial charge in [-0.05, 0) is 42.9 Å². The number of para-hydroxylation sites is 1. The second-order valence-electron chi connectivity index (χ2n) is 9.63. The van der Waals surface area contributed by atoms with E-state index in [2.05, 4.69) is 10.4 Å². The molecule has 3 aliphatic rings. The van der Waals surface area contributed by atoms with E-state index < -0.39 is 23.6 Å². The summed E-state index contributed by atoms with van der Waals surface area (Å²) < 4.78 is 28.8. The number of benzene rings is 2. The van der Waals surface area contributed by atoms with Gasteiger partial charge in [0.25, 0.3) is 5.91 Å². The molecule has 2 heterocycles. The van der Waals surface area contributed by atoms with Crippen LogP contribution in [0.4, 0.5) is 8.78 Å². The number of hydrogen-bond acceptors (Lipinski definition) is 4. The summed E-state index contributed by atoms with van der Waals surface area (Å²) in [4.78, 5) is 39.9. The summed E-state index contributed by atoms with van der Waals surface area (Å²) >= 11 is 0. The number of amides is 3. The standard InChI is InChI=1S/C25H23F2N5O3/c26-13-5-6-14(17(27)9-13)16-10-18(16)29-25(35)21-8-12-7-20(12)32(21)22(33)11-31-19-4-2-1-3-15(19)23(30-31)24(28)34/h1-6,9,12,16,18,20-21H,7-8,10-11H2,(H2,28,34)(H,29,35)/t12-,16+,18+,20-,21+/m1/s1. The van der Waals surface area contributed by atoms with Crippen molar-refractivity contribution in [2.24, 2.45) is 11.7 Å². The third kappa shape index (κ3) is 3.73. The normalized spacial score (nSPS) is 26.5. The summed E-state index contributed by atoms with van der Waals surface area (Å²) in [7, 11) is 0. The van der Waals surface area contributed by atoms with Crippen molar-refractivity contribution in [1.29, 1.82) is 0 Å². The number of piperidine rings is 1. The van der Waals surface area contributed by atoms with Crippen LogP contribution >= 0.6 is 0 Å². The third-order valence-corrected chi connectivity index (χ3v) is 7.35. The maximum absolute atomic E-state index is 14.1. The zero-order valence-corrected chi connectivity index (χ0v) is 18.7. The Morgan fingerprint density at radius 3 is 2.66 bits per heavy atom. The first-order valence-electron chi connectivity index (χ1n) is 11.6. The van der Waals surface area contributed by atoms with Gasteiger partial charge in [-0.25, -0.2) is 8.78 Å². The fraction of sp³-hybridized carbons (Fsp3) is 0.360. The molecule has 3 amide bonds.